The van der Waals surface area contributed by atoms with E-state index in [2.05, 4.69) is 10.7 Å². The summed E-state index contributed by atoms with van der Waals surface area (Å²) in [5.41, 5.74) is 3.01. The first-order valence-corrected chi connectivity index (χ1v) is 7.05. The molecule has 0 saturated heterocycles. The highest BCUT2D eigenvalue weighted by atomic mass is 16.6. The molecule has 0 fully saturated rings. The maximum atomic E-state index is 11.9. The van der Waals surface area contributed by atoms with Crippen LogP contribution < -0.4 is 10.7 Å². The van der Waals surface area contributed by atoms with Crippen LogP contribution in [0.25, 0.3) is 0 Å². The van der Waals surface area contributed by atoms with Crippen LogP contribution in [0.4, 0.5) is 9.59 Å². The molecule has 1 aromatic carbocycles. The molecule has 0 aliphatic rings. The fraction of sp³-hybridized carbons (Fsp3) is 0.400. The van der Waals surface area contributed by atoms with E-state index in [1.807, 2.05) is 18.2 Å². The lowest BCUT2D eigenvalue weighted by atomic mass is 10.1. The van der Waals surface area contributed by atoms with Crippen LogP contribution in [0.5, 0.6) is 0 Å². The molecule has 3 N–H and O–H groups in total. The number of rotatable bonds is 5. The largest absolute Gasteiger partial charge is 0.480 e. The first kappa shape index (κ1) is 18.3. The Morgan fingerprint density at radius 2 is 1.83 bits per heavy atom. The predicted octanol–water partition coefficient (Wildman–Crippen LogP) is 1.58. The fourth-order valence-corrected chi connectivity index (χ4v) is 1.69. The van der Waals surface area contributed by atoms with Crippen molar-refractivity contribution in [2.75, 3.05) is 7.05 Å². The van der Waals surface area contributed by atoms with Gasteiger partial charge in [-0.3, -0.25) is 0 Å². The highest BCUT2D eigenvalue weighted by molar-refractivity contribution is 5.83. The van der Waals surface area contributed by atoms with Gasteiger partial charge in [-0.15, -0.1) is 0 Å². The Labute approximate surface area is 134 Å². The van der Waals surface area contributed by atoms with Gasteiger partial charge in [-0.2, -0.15) is 0 Å². The van der Waals surface area contributed by atoms with Gasteiger partial charge in [0.1, 0.15) is 12.6 Å². The third-order valence-corrected chi connectivity index (χ3v) is 2.99. The van der Waals surface area contributed by atoms with Crippen LogP contribution in [-0.2, 0) is 16.1 Å². The van der Waals surface area contributed by atoms with Gasteiger partial charge in [0, 0.05) is 7.05 Å². The molecule has 126 valence electrons. The number of aliphatic carboxylic acids is 1. The quantitative estimate of drug-likeness (QED) is 0.713. The van der Waals surface area contributed by atoms with E-state index in [9.17, 15) is 14.4 Å². The number of carboxylic acids is 1. The third-order valence-electron chi connectivity index (χ3n) is 2.99. The summed E-state index contributed by atoms with van der Waals surface area (Å²) < 4.78 is 4.96. The lowest BCUT2D eigenvalue weighted by Crippen LogP contribution is -2.54. The average molecular weight is 323 g/mol. The van der Waals surface area contributed by atoms with E-state index in [0.29, 0.717) is 0 Å². The Balaban J connectivity index is 2.44. The molecule has 0 unspecified atom stereocenters. The number of carbonyl (C=O) groups is 3. The van der Waals surface area contributed by atoms with Gasteiger partial charge in [0.2, 0.25) is 0 Å². The number of benzene rings is 1. The van der Waals surface area contributed by atoms with Gasteiger partial charge in [-0.05, 0) is 11.5 Å². The summed E-state index contributed by atoms with van der Waals surface area (Å²) in [6.07, 6.45) is -0.817. The molecule has 23 heavy (non-hydrogen) atoms. The second-order valence-corrected chi connectivity index (χ2v) is 5.24. The van der Waals surface area contributed by atoms with Crippen LogP contribution in [0.3, 0.4) is 0 Å². The van der Waals surface area contributed by atoms with Crippen molar-refractivity contribution in [2.24, 2.45) is 5.92 Å². The minimum absolute atomic E-state index is 0.0614. The molecule has 0 saturated carbocycles. The topological polar surface area (TPSA) is 108 Å². The number of carbonyl (C=O) groups excluding carboxylic acids is 2. The van der Waals surface area contributed by atoms with E-state index >= 15 is 0 Å². The minimum atomic E-state index is -1.14. The van der Waals surface area contributed by atoms with Crippen molar-refractivity contribution in [3.8, 4) is 0 Å². The Morgan fingerprint density at radius 1 is 1.22 bits per heavy atom. The molecule has 1 aromatic rings. The van der Waals surface area contributed by atoms with Gasteiger partial charge < -0.3 is 15.2 Å². The molecule has 0 radical (unpaired) electrons. The lowest BCUT2D eigenvalue weighted by Gasteiger charge is -2.23. The predicted molar refractivity (Wildman–Crippen MR) is 82.3 cm³/mol. The van der Waals surface area contributed by atoms with E-state index in [-0.39, 0.29) is 12.5 Å². The van der Waals surface area contributed by atoms with Gasteiger partial charge in [0.15, 0.2) is 0 Å². The van der Waals surface area contributed by atoms with Crippen molar-refractivity contribution >= 4 is 18.1 Å². The highest BCUT2D eigenvalue weighted by Gasteiger charge is 2.25. The molecular weight excluding hydrogens is 302 g/mol. The number of amides is 3. The van der Waals surface area contributed by atoms with Crippen LogP contribution in [0.2, 0.25) is 0 Å². The number of hydrogen-bond acceptors (Lipinski definition) is 4. The van der Waals surface area contributed by atoms with Crippen LogP contribution in [0.1, 0.15) is 19.4 Å². The number of hydrazine groups is 1. The molecular formula is C15H21N3O5. The Bertz CT molecular complexity index is 547. The summed E-state index contributed by atoms with van der Waals surface area (Å²) in [5.74, 6) is -1.44. The maximum Gasteiger partial charge on any atom is 0.426 e. The smallest absolute Gasteiger partial charge is 0.426 e. The maximum absolute atomic E-state index is 11.9. The number of nitrogens with zero attached hydrogens (tertiary/aromatic N) is 1. The van der Waals surface area contributed by atoms with Crippen LogP contribution in [0.15, 0.2) is 30.3 Å². The second-order valence-electron chi connectivity index (χ2n) is 5.24. The lowest BCUT2D eigenvalue weighted by molar-refractivity contribution is -0.140. The summed E-state index contributed by atoms with van der Waals surface area (Å²) in [7, 11) is 1.29. The number of ether oxygens (including phenoxy) is 1. The molecule has 0 spiro atoms. The van der Waals surface area contributed by atoms with E-state index in [0.717, 1.165) is 10.6 Å². The first-order valence-electron chi connectivity index (χ1n) is 7.05. The van der Waals surface area contributed by atoms with E-state index in [4.69, 9.17) is 9.84 Å². The Hall–Kier alpha value is -2.77. The summed E-state index contributed by atoms with van der Waals surface area (Å²) in [6.45, 7) is 3.40. The van der Waals surface area contributed by atoms with Gasteiger partial charge in [-0.1, -0.05) is 44.2 Å². The highest BCUT2D eigenvalue weighted by Crippen LogP contribution is 2.03. The van der Waals surface area contributed by atoms with Crippen LogP contribution >= 0.6 is 0 Å². The fourth-order valence-electron chi connectivity index (χ4n) is 1.69. The van der Waals surface area contributed by atoms with Crippen molar-refractivity contribution in [1.82, 2.24) is 15.8 Å². The molecule has 3 amide bonds. The first-order chi connectivity index (χ1) is 10.8. The zero-order valence-electron chi connectivity index (χ0n) is 13.3. The summed E-state index contributed by atoms with van der Waals surface area (Å²) in [4.78, 5) is 34.5. The van der Waals surface area contributed by atoms with Crippen molar-refractivity contribution in [2.45, 2.75) is 26.5 Å². The van der Waals surface area contributed by atoms with Crippen LogP contribution in [-0.4, -0.2) is 41.3 Å². The number of urea groups is 1. The van der Waals surface area contributed by atoms with Crippen molar-refractivity contribution in [1.29, 1.82) is 0 Å². The second kappa shape index (κ2) is 8.62. The monoisotopic (exact) mass is 323 g/mol. The summed E-state index contributed by atoms with van der Waals surface area (Å²) >= 11 is 0. The molecule has 0 bridgehead atoms. The number of hydrogen-bond donors (Lipinski definition) is 3. The molecule has 1 atom stereocenters. The SMILES string of the molecule is CC(C)[C@H](NC(=O)N(C)NC(=O)OCc1ccccc1)C(=O)O. The normalized spacial score (nSPS) is 11.5. The third kappa shape index (κ3) is 6.25. The molecule has 0 heterocycles. The minimum Gasteiger partial charge on any atom is -0.480 e. The molecule has 0 aliphatic heterocycles. The Morgan fingerprint density at radius 3 is 2.35 bits per heavy atom. The molecule has 8 heteroatoms. The van der Waals surface area contributed by atoms with E-state index in [1.54, 1.807) is 26.0 Å². The molecule has 0 aromatic heterocycles. The summed E-state index contributed by atoms with van der Waals surface area (Å²) in [5, 5.41) is 12.2. The number of nitrogens with one attached hydrogen (secondary N) is 2. The zero-order chi connectivity index (χ0) is 17.4. The molecule has 0 aliphatic carbocycles. The van der Waals surface area contributed by atoms with E-state index in [1.165, 1.54) is 7.05 Å². The van der Waals surface area contributed by atoms with Crippen LogP contribution in [0, 0.1) is 5.92 Å². The molecule has 8 nitrogen and oxygen atoms in total. The number of carboxylic acid groups (broad SMARTS) is 1. The Kier molecular flexibility index (Phi) is 6.85. The van der Waals surface area contributed by atoms with Crippen molar-refractivity contribution in [3.63, 3.8) is 0 Å². The zero-order valence-corrected chi connectivity index (χ0v) is 13.3. The van der Waals surface area contributed by atoms with Crippen molar-refractivity contribution < 1.29 is 24.2 Å². The van der Waals surface area contributed by atoms with Gasteiger partial charge in [0.05, 0.1) is 0 Å². The van der Waals surface area contributed by atoms with Gasteiger partial charge in [-0.25, -0.2) is 24.8 Å². The average Bonchev–Trinajstić information content (AvgIpc) is 2.50. The molecule has 1 rings (SSSR count). The summed E-state index contributed by atoms with van der Waals surface area (Å²) in [6, 6.07) is 7.26. The van der Waals surface area contributed by atoms with Gasteiger partial charge >= 0.3 is 18.1 Å². The van der Waals surface area contributed by atoms with Gasteiger partial charge in [0.25, 0.3) is 0 Å². The van der Waals surface area contributed by atoms with E-state index < -0.39 is 24.1 Å². The standard InChI is InChI=1S/C15H21N3O5/c1-10(2)12(13(19)20)16-14(21)18(3)17-15(22)23-9-11-7-5-4-6-8-11/h4-8,10,12H,9H2,1-3H3,(H,16,21)(H,17,22)(H,19,20)/t12-/m0/s1. The van der Waals surface area contributed by atoms with Crippen molar-refractivity contribution in [3.05, 3.63) is 35.9 Å².